The summed E-state index contributed by atoms with van der Waals surface area (Å²) >= 11 is 0. The summed E-state index contributed by atoms with van der Waals surface area (Å²) < 4.78 is 16.5. The van der Waals surface area contributed by atoms with E-state index in [1.54, 1.807) is 36.4 Å². The van der Waals surface area contributed by atoms with Gasteiger partial charge in [0.25, 0.3) is 0 Å². The lowest BCUT2D eigenvalue weighted by atomic mass is 10.1. The molecule has 0 spiro atoms. The molecule has 1 heterocycles. The maximum atomic E-state index is 12.8. The number of carbonyl (C=O) groups is 1. The van der Waals surface area contributed by atoms with Gasteiger partial charge in [-0.3, -0.25) is 4.79 Å². The predicted molar refractivity (Wildman–Crippen MR) is 124 cm³/mol. The van der Waals surface area contributed by atoms with Gasteiger partial charge in [-0.05, 0) is 47.9 Å². The lowest BCUT2D eigenvalue weighted by Crippen LogP contribution is -2.10. The fraction of sp³-hybridized carbons (Fsp3) is 0.0741. The number of nitriles is 1. The second-order valence-electron chi connectivity index (χ2n) is 7.16. The van der Waals surface area contributed by atoms with Crippen LogP contribution in [0.1, 0.15) is 18.1 Å². The third kappa shape index (κ3) is 5.00. The fourth-order valence-electron chi connectivity index (χ4n) is 3.16. The second-order valence-corrected chi connectivity index (χ2v) is 7.16. The SMILES string of the molecule is CCc1ccc(Oc2coc3cc(OC(=O)C(C#N)=Cc4ccccc4)ccc3c2=O)cc1. The van der Waals surface area contributed by atoms with Gasteiger partial charge in [0.1, 0.15) is 35.0 Å². The van der Waals surface area contributed by atoms with E-state index in [1.165, 1.54) is 30.5 Å². The quantitative estimate of drug-likeness (QED) is 0.167. The first-order chi connectivity index (χ1) is 16.1. The molecule has 0 fully saturated rings. The largest absolute Gasteiger partial charge is 0.460 e. The minimum atomic E-state index is -0.807. The topological polar surface area (TPSA) is 89.5 Å². The Morgan fingerprint density at radius 3 is 2.45 bits per heavy atom. The van der Waals surface area contributed by atoms with Gasteiger partial charge in [-0.1, -0.05) is 49.4 Å². The van der Waals surface area contributed by atoms with E-state index in [4.69, 9.17) is 13.9 Å². The van der Waals surface area contributed by atoms with Crippen molar-refractivity contribution in [3.63, 3.8) is 0 Å². The van der Waals surface area contributed by atoms with Crippen molar-refractivity contribution in [2.75, 3.05) is 0 Å². The molecule has 6 nitrogen and oxygen atoms in total. The first kappa shape index (κ1) is 21.6. The van der Waals surface area contributed by atoms with Crippen LogP contribution in [-0.4, -0.2) is 5.97 Å². The number of nitrogens with zero attached hydrogens (tertiary/aromatic N) is 1. The maximum Gasteiger partial charge on any atom is 0.354 e. The highest BCUT2D eigenvalue weighted by Crippen LogP contribution is 2.25. The van der Waals surface area contributed by atoms with Gasteiger partial charge in [0.05, 0.1) is 5.39 Å². The van der Waals surface area contributed by atoms with Gasteiger partial charge in [-0.15, -0.1) is 0 Å². The van der Waals surface area contributed by atoms with Crippen LogP contribution in [0.5, 0.6) is 17.2 Å². The Hall–Kier alpha value is -4.63. The summed E-state index contributed by atoms with van der Waals surface area (Å²) in [5.41, 5.74) is 1.58. The van der Waals surface area contributed by atoms with Crippen molar-refractivity contribution in [3.8, 4) is 23.3 Å². The van der Waals surface area contributed by atoms with Crippen LogP contribution in [-0.2, 0) is 11.2 Å². The molecule has 0 unspecified atom stereocenters. The van der Waals surface area contributed by atoms with Gasteiger partial charge >= 0.3 is 5.97 Å². The standard InChI is InChI=1S/C27H19NO5/c1-2-18-8-10-21(11-9-18)32-25-17-31-24-15-22(12-13-23(24)26(25)29)33-27(30)20(16-28)14-19-6-4-3-5-7-19/h3-15,17H,2H2,1H3. The molecular formula is C27H19NO5. The average molecular weight is 437 g/mol. The number of benzene rings is 3. The highest BCUT2D eigenvalue weighted by atomic mass is 16.5. The van der Waals surface area contributed by atoms with Crippen LogP contribution in [0.25, 0.3) is 17.0 Å². The van der Waals surface area contributed by atoms with Crippen molar-refractivity contribution in [1.29, 1.82) is 5.26 Å². The van der Waals surface area contributed by atoms with Gasteiger partial charge in [-0.25, -0.2) is 4.79 Å². The molecule has 0 N–H and O–H groups in total. The smallest absolute Gasteiger partial charge is 0.354 e. The van der Waals surface area contributed by atoms with Crippen molar-refractivity contribution in [2.45, 2.75) is 13.3 Å². The Morgan fingerprint density at radius 1 is 1.03 bits per heavy atom. The molecule has 0 saturated heterocycles. The molecule has 0 bridgehead atoms. The molecule has 0 aliphatic heterocycles. The normalized spacial score (nSPS) is 11.1. The Balaban J connectivity index is 1.55. The van der Waals surface area contributed by atoms with Crippen molar-refractivity contribution in [3.05, 3.63) is 106 Å². The predicted octanol–water partition coefficient (Wildman–Crippen LogP) is 5.66. The van der Waals surface area contributed by atoms with Crippen LogP contribution >= 0.6 is 0 Å². The van der Waals surface area contributed by atoms with Gasteiger partial charge in [0.15, 0.2) is 0 Å². The second kappa shape index (κ2) is 9.67. The number of hydrogen-bond acceptors (Lipinski definition) is 6. The van der Waals surface area contributed by atoms with E-state index < -0.39 is 5.97 Å². The molecule has 6 heteroatoms. The molecule has 4 aromatic rings. The van der Waals surface area contributed by atoms with E-state index in [-0.39, 0.29) is 33.5 Å². The van der Waals surface area contributed by atoms with Gasteiger partial charge in [0, 0.05) is 6.07 Å². The van der Waals surface area contributed by atoms with Crippen LogP contribution in [0.15, 0.2) is 93.8 Å². The molecule has 3 aromatic carbocycles. The highest BCUT2D eigenvalue weighted by Gasteiger charge is 2.15. The van der Waals surface area contributed by atoms with E-state index >= 15 is 0 Å². The van der Waals surface area contributed by atoms with E-state index in [0.29, 0.717) is 11.3 Å². The number of hydrogen-bond donors (Lipinski definition) is 0. The summed E-state index contributed by atoms with van der Waals surface area (Å²) in [5, 5.41) is 9.61. The first-order valence-electron chi connectivity index (χ1n) is 10.3. The number of ether oxygens (including phenoxy) is 2. The molecule has 0 aliphatic rings. The minimum absolute atomic E-state index is 0.0501. The lowest BCUT2D eigenvalue weighted by molar-refractivity contribution is -0.129. The van der Waals surface area contributed by atoms with Crippen LogP contribution in [0.2, 0.25) is 0 Å². The van der Waals surface area contributed by atoms with E-state index in [2.05, 4.69) is 6.92 Å². The van der Waals surface area contributed by atoms with E-state index in [9.17, 15) is 14.9 Å². The zero-order valence-corrected chi connectivity index (χ0v) is 17.8. The molecule has 4 rings (SSSR count). The average Bonchev–Trinajstić information content (AvgIpc) is 2.85. The Morgan fingerprint density at radius 2 is 1.76 bits per heavy atom. The molecule has 0 amide bonds. The summed E-state index contributed by atoms with van der Waals surface area (Å²) in [4.78, 5) is 25.2. The molecule has 1 aromatic heterocycles. The van der Waals surface area contributed by atoms with Crippen molar-refractivity contribution >= 4 is 23.0 Å². The monoisotopic (exact) mass is 437 g/mol. The fourth-order valence-corrected chi connectivity index (χ4v) is 3.16. The zero-order chi connectivity index (χ0) is 23.2. The van der Waals surface area contributed by atoms with E-state index in [1.807, 2.05) is 24.3 Å². The summed E-state index contributed by atoms with van der Waals surface area (Å²) in [7, 11) is 0. The van der Waals surface area contributed by atoms with Crippen LogP contribution in [0.3, 0.4) is 0 Å². The highest BCUT2D eigenvalue weighted by molar-refractivity contribution is 5.99. The Labute approximate surface area is 189 Å². The molecular weight excluding hydrogens is 418 g/mol. The third-order valence-electron chi connectivity index (χ3n) is 4.94. The number of carbonyl (C=O) groups excluding carboxylic acids is 1. The summed E-state index contributed by atoms with van der Waals surface area (Å²) in [5.74, 6) is -0.0834. The number of fused-ring (bicyclic) bond motifs is 1. The van der Waals surface area contributed by atoms with E-state index in [0.717, 1.165) is 12.0 Å². The number of esters is 1. The van der Waals surface area contributed by atoms with Crippen LogP contribution in [0, 0.1) is 11.3 Å². The summed E-state index contributed by atoms with van der Waals surface area (Å²) in [6, 6.07) is 22.7. The summed E-state index contributed by atoms with van der Waals surface area (Å²) in [6.45, 7) is 2.06. The van der Waals surface area contributed by atoms with Gasteiger partial charge in [-0.2, -0.15) is 5.26 Å². The number of aryl methyl sites for hydroxylation is 1. The molecule has 0 radical (unpaired) electrons. The van der Waals surface area contributed by atoms with Crippen LogP contribution < -0.4 is 14.9 Å². The zero-order valence-electron chi connectivity index (χ0n) is 17.8. The van der Waals surface area contributed by atoms with Gasteiger partial charge < -0.3 is 13.9 Å². The summed E-state index contributed by atoms with van der Waals surface area (Å²) in [6.07, 6.45) is 3.57. The maximum absolute atomic E-state index is 12.8. The first-order valence-corrected chi connectivity index (χ1v) is 10.3. The van der Waals surface area contributed by atoms with Crippen LogP contribution in [0.4, 0.5) is 0 Å². The third-order valence-corrected chi connectivity index (χ3v) is 4.94. The van der Waals surface area contributed by atoms with Crippen molar-refractivity contribution in [1.82, 2.24) is 0 Å². The minimum Gasteiger partial charge on any atom is -0.460 e. The molecule has 33 heavy (non-hydrogen) atoms. The molecule has 162 valence electrons. The Bertz CT molecular complexity index is 1430. The Kier molecular flexibility index (Phi) is 6.33. The molecule has 0 aliphatic carbocycles. The van der Waals surface area contributed by atoms with Crippen molar-refractivity contribution in [2.24, 2.45) is 0 Å². The van der Waals surface area contributed by atoms with Gasteiger partial charge in [0.2, 0.25) is 11.2 Å². The molecule has 0 saturated carbocycles. The number of rotatable bonds is 6. The van der Waals surface area contributed by atoms with Crippen molar-refractivity contribution < 1.29 is 18.7 Å². The lowest BCUT2D eigenvalue weighted by Gasteiger charge is -2.07. The molecule has 0 atom stereocenters.